The number of benzene rings is 1. The Kier molecular flexibility index (Phi) is 7.41. The summed E-state index contributed by atoms with van der Waals surface area (Å²) >= 11 is 0. The number of carbonyl (C=O) groups excluding carboxylic acids is 2. The van der Waals surface area contributed by atoms with Gasteiger partial charge in [-0.1, -0.05) is 19.1 Å². The van der Waals surface area contributed by atoms with E-state index in [0.29, 0.717) is 25.1 Å². The van der Waals surface area contributed by atoms with Gasteiger partial charge in [0.2, 0.25) is 0 Å². The van der Waals surface area contributed by atoms with E-state index >= 15 is 0 Å². The highest BCUT2D eigenvalue weighted by Gasteiger charge is 2.45. The predicted octanol–water partition coefficient (Wildman–Crippen LogP) is 3.24. The highest BCUT2D eigenvalue weighted by Crippen LogP contribution is 2.39. The molecule has 7 nitrogen and oxygen atoms in total. The fraction of sp³-hybridized carbons (Fsp3) is 0.375. The van der Waals surface area contributed by atoms with Crippen LogP contribution in [-0.2, 0) is 9.59 Å². The van der Waals surface area contributed by atoms with Gasteiger partial charge in [-0.2, -0.15) is 0 Å². The van der Waals surface area contributed by atoms with Crippen molar-refractivity contribution < 1.29 is 19.4 Å². The summed E-state index contributed by atoms with van der Waals surface area (Å²) in [6.07, 6.45) is 4.69. The zero-order chi connectivity index (χ0) is 22.4. The Hall–Kier alpha value is -3.19. The fourth-order valence-electron chi connectivity index (χ4n) is 3.65. The van der Waals surface area contributed by atoms with Crippen LogP contribution < -0.4 is 4.74 Å². The molecule has 0 aliphatic carbocycles. The summed E-state index contributed by atoms with van der Waals surface area (Å²) in [6, 6.07) is 9.94. The molecule has 1 atom stereocenters. The van der Waals surface area contributed by atoms with E-state index in [9.17, 15) is 14.7 Å². The number of aromatic nitrogens is 1. The summed E-state index contributed by atoms with van der Waals surface area (Å²) in [4.78, 5) is 33.4. The van der Waals surface area contributed by atoms with Crippen molar-refractivity contribution in [2.75, 3.05) is 33.8 Å². The maximum Gasteiger partial charge on any atom is 0.295 e. The highest BCUT2D eigenvalue weighted by atomic mass is 16.5. The second kappa shape index (κ2) is 10.2. The second-order valence-electron chi connectivity index (χ2n) is 7.80. The van der Waals surface area contributed by atoms with Crippen LogP contribution in [0.2, 0.25) is 0 Å². The molecule has 2 heterocycles. The van der Waals surface area contributed by atoms with Gasteiger partial charge in [-0.25, -0.2) is 0 Å². The maximum atomic E-state index is 13.0. The minimum Gasteiger partial charge on any atom is -0.507 e. The largest absolute Gasteiger partial charge is 0.507 e. The molecule has 0 spiro atoms. The van der Waals surface area contributed by atoms with Crippen molar-refractivity contribution in [3.8, 4) is 5.75 Å². The van der Waals surface area contributed by atoms with Gasteiger partial charge in [-0.15, -0.1) is 0 Å². The van der Waals surface area contributed by atoms with E-state index in [1.807, 2.05) is 50.2 Å². The molecule has 1 aliphatic rings. The molecule has 1 aromatic carbocycles. The summed E-state index contributed by atoms with van der Waals surface area (Å²) < 4.78 is 5.66. The average Bonchev–Trinajstić information content (AvgIpc) is 3.03. The smallest absolute Gasteiger partial charge is 0.295 e. The average molecular weight is 424 g/mol. The number of ether oxygens (including phenoxy) is 1. The SMILES string of the molecule is CCCOc1ccc([C@H]2C(=C(O)c3ccncc3)C(=O)C(=O)N2CCCN(C)C)cc1. The van der Waals surface area contributed by atoms with Gasteiger partial charge in [0.25, 0.3) is 11.7 Å². The molecule has 3 rings (SSSR count). The van der Waals surface area contributed by atoms with Gasteiger partial charge in [0.15, 0.2) is 0 Å². The summed E-state index contributed by atoms with van der Waals surface area (Å²) in [5.74, 6) is -0.724. The number of nitrogens with zero attached hydrogens (tertiary/aromatic N) is 3. The Morgan fingerprint density at radius 2 is 1.81 bits per heavy atom. The first-order valence-electron chi connectivity index (χ1n) is 10.5. The molecule has 0 saturated carbocycles. The monoisotopic (exact) mass is 423 g/mol. The van der Waals surface area contributed by atoms with Gasteiger partial charge >= 0.3 is 0 Å². The molecular formula is C24H29N3O4. The number of aliphatic hydroxyl groups excluding tert-OH is 1. The third-order valence-electron chi connectivity index (χ3n) is 5.17. The van der Waals surface area contributed by atoms with Crippen LogP contribution in [0, 0.1) is 0 Å². The second-order valence-corrected chi connectivity index (χ2v) is 7.80. The van der Waals surface area contributed by atoms with E-state index in [1.165, 1.54) is 12.4 Å². The quantitative estimate of drug-likeness (QED) is 0.379. The molecule has 0 bridgehead atoms. The zero-order valence-electron chi connectivity index (χ0n) is 18.2. The lowest BCUT2D eigenvalue weighted by Gasteiger charge is -2.26. The Balaban J connectivity index is 2.02. The molecule has 1 aliphatic heterocycles. The summed E-state index contributed by atoms with van der Waals surface area (Å²) in [7, 11) is 3.92. The molecule has 1 saturated heterocycles. The van der Waals surface area contributed by atoms with Crippen LogP contribution in [0.1, 0.15) is 36.9 Å². The van der Waals surface area contributed by atoms with Crippen molar-refractivity contribution >= 4 is 17.4 Å². The van der Waals surface area contributed by atoms with Crippen molar-refractivity contribution in [3.05, 3.63) is 65.5 Å². The molecule has 2 aromatic rings. The van der Waals surface area contributed by atoms with Crippen molar-refractivity contribution in [2.45, 2.75) is 25.8 Å². The number of pyridine rings is 1. The van der Waals surface area contributed by atoms with Gasteiger partial charge in [0.05, 0.1) is 18.2 Å². The molecule has 1 fully saturated rings. The number of ketones is 1. The fourth-order valence-corrected chi connectivity index (χ4v) is 3.65. The molecule has 164 valence electrons. The lowest BCUT2D eigenvalue weighted by atomic mass is 9.95. The van der Waals surface area contributed by atoms with E-state index in [-0.39, 0.29) is 11.3 Å². The van der Waals surface area contributed by atoms with Gasteiger partial charge in [0.1, 0.15) is 11.5 Å². The van der Waals surface area contributed by atoms with Crippen LogP contribution in [0.15, 0.2) is 54.4 Å². The number of aliphatic hydroxyl groups is 1. The minimum atomic E-state index is -0.671. The summed E-state index contributed by atoms with van der Waals surface area (Å²) in [5.41, 5.74) is 1.31. The zero-order valence-corrected chi connectivity index (χ0v) is 18.2. The van der Waals surface area contributed by atoms with Gasteiger partial charge in [-0.3, -0.25) is 14.6 Å². The topological polar surface area (TPSA) is 83.0 Å². The van der Waals surface area contributed by atoms with E-state index in [0.717, 1.165) is 24.3 Å². The first kappa shape index (κ1) is 22.5. The standard InChI is InChI=1S/C24H29N3O4/c1-4-16-31-19-8-6-17(7-9-19)21-20(22(28)18-10-12-25-13-11-18)23(29)24(30)27(21)15-5-14-26(2)3/h6-13,21,28H,4-5,14-16H2,1-3H3/t21-/m0/s1. The molecule has 1 N–H and O–H groups in total. The van der Waals surface area contributed by atoms with Crippen molar-refractivity contribution in [1.82, 2.24) is 14.8 Å². The molecular weight excluding hydrogens is 394 g/mol. The number of likely N-dealkylation sites (tertiary alicyclic amines) is 1. The normalized spacial score (nSPS) is 18.1. The lowest BCUT2D eigenvalue weighted by molar-refractivity contribution is -0.139. The Labute approximate surface area is 183 Å². The highest BCUT2D eigenvalue weighted by molar-refractivity contribution is 6.46. The van der Waals surface area contributed by atoms with Crippen molar-refractivity contribution in [3.63, 3.8) is 0 Å². The van der Waals surface area contributed by atoms with Gasteiger partial charge in [-0.05, 0) is 63.3 Å². The van der Waals surface area contributed by atoms with E-state index in [1.54, 1.807) is 17.0 Å². The Bertz CT molecular complexity index is 939. The van der Waals surface area contributed by atoms with Crippen LogP contribution in [0.25, 0.3) is 5.76 Å². The first-order valence-corrected chi connectivity index (χ1v) is 10.5. The van der Waals surface area contributed by atoms with Crippen LogP contribution in [-0.4, -0.2) is 65.4 Å². The molecule has 31 heavy (non-hydrogen) atoms. The Morgan fingerprint density at radius 1 is 1.13 bits per heavy atom. The van der Waals surface area contributed by atoms with Crippen LogP contribution in [0.3, 0.4) is 0 Å². The number of rotatable bonds is 9. The Morgan fingerprint density at radius 3 is 2.42 bits per heavy atom. The molecule has 1 aromatic heterocycles. The lowest BCUT2D eigenvalue weighted by Crippen LogP contribution is -2.32. The first-order chi connectivity index (χ1) is 14.9. The molecule has 0 radical (unpaired) electrons. The van der Waals surface area contributed by atoms with E-state index in [2.05, 4.69) is 4.98 Å². The minimum absolute atomic E-state index is 0.100. The van der Waals surface area contributed by atoms with Crippen LogP contribution >= 0.6 is 0 Å². The summed E-state index contributed by atoms with van der Waals surface area (Å²) in [6.45, 7) is 3.84. The van der Waals surface area contributed by atoms with Gasteiger partial charge in [0, 0.05) is 24.5 Å². The number of Topliss-reactive ketones (excluding diaryl/α,β-unsaturated/α-hetero) is 1. The molecule has 7 heteroatoms. The molecule has 0 unspecified atom stereocenters. The number of hydrogen-bond acceptors (Lipinski definition) is 6. The van der Waals surface area contributed by atoms with E-state index in [4.69, 9.17) is 4.74 Å². The number of carbonyl (C=O) groups is 2. The van der Waals surface area contributed by atoms with E-state index < -0.39 is 17.7 Å². The van der Waals surface area contributed by atoms with Crippen LogP contribution in [0.4, 0.5) is 0 Å². The predicted molar refractivity (Wildman–Crippen MR) is 119 cm³/mol. The summed E-state index contributed by atoms with van der Waals surface area (Å²) in [5, 5.41) is 11.0. The third kappa shape index (κ3) is 5.11. The number of hydrogen-bond donors (Lipinski definition) is 1. The molecule has 1 amide bonds. The maximum absolute atomic E-state index is 13.0. The van der Waals surface area contributed by atoms with Crippen molar-refractivity contribution in [1.29, 1.82) is 0 Å². The van der Waals surface area contributed by atoms with Gasteiger partial charge < -0.3 is 19.6 Å². The number of amides is 1. The van der Waals surface area contributed by atoms with Crippen molar-refractivity contribution in [2.24, 2.45) is 0 Å². The third-order valence-corrected chi connectivity index (χ3v) is 5.17. The van der Waals surface area contributed by atoms with Crippen LogP contribution in [0.5, 0.6) is 5.75 Å².